The molecule has 0 bridgehead atoms. The lowest BCUT2D eigenvalue weighted by molar-refractivity contribution is -0.124. The van der Waals surface area contributed by atoms with E-state index in [-0.39, 0.29) is 18.5 Å². The van der Waals surface area contributed by atoms with E-state index in [4.69, 9.17) is 4.74 Å². The zero-order chi connectivity index (χ0) is 15.2. The predicted molar refractivity (Wildman–Crippen MR) is 80.1 cm³/mol. The van der Waals surface area contributed by atoms with Gasteiger partial charge in [-0.05, 0) is 36.8 Å². The van der Waals surface area contributed by atoms with Crippen LogP contribution in [0.1, 0.15) is 24.6 Å². The van der Waals surface area contributed by atoms with Gasteiger partial charge < -0.3 is 19.7 Å². The molecule has 21 heavy (non-hydrogen) atoms. The summed E-state index contributed by atoms with van der Waals surface area (Å²) in [5.41, 5.74) is 0.740. The van der Waals surface area contributed by atoms with E-state index in [0.717, 1.165) is 11.3 Å². The van der Waals surface area contributed by atoms with Crippen molar-refractivity contribution in [1.29, 1.82) is 0 Å². The van der Waals surface area contributed by atoms with E-state index in [1.807, 2.05) is 36.0 Å². The molecule has 1 aromatic carbocycles. The summed E-state index contributed by atoms with van der Waals surface area (Å²) in [7, 11) is 1.59. The van der Waals surface area contributed by atoms with Crippen molar-refractivity contribution in [3.8, 4) is 5.75 Å². The summed E-state index contributed by atoms with van der Waals surface area (Å²) >= 11 is 0. The van der Waals surface area contributed by atoms with Crippen LogP contribution < -0.4 is 10.1 Å². The summed E-state index contributed by atoms with van der Waals surface area (Å²) in [6.07, 6.45) is 2.94. The molecule has 0 radical (unpaired) electrons. The number of aliphatic hydroxyl groups excluding tert-OH is 1. The molecule has 0 spiro atoms. The molecule has 5 heteroatoms. The molecular formula is C16H20N2O3. The van der Waals surface area contributed by atoms with Gasteiger partial charge in [-0.2, -0.15) is 0 Å². The van der Waals surface area contributed by atoms with Gasteiger partial charge in [0.05, 0.1) is 13.2 Å². The van der Waals surface area contributed by atoms with E-state index < -0.39 is 6.10 Å². The van der Waals surface area contributed by atoms with Crippen molar-refractivity contribution >= 4 is 5.91 Å². The van der Waals surface area contributed by atoms with Crippen LogP contribution in [-0.2, 0) is 4.79 Å². The van der Waals surface area contributed by atoms with Gasteiger partial charge in [0.2, 0.25) is 5.91 Å². The van der Waals surface area contributed by atoms with Crippen molar-refractivity contribution in [2.75, 3.05) is 13.7 Å². The van der Waals surface area contributed by atoms with Crippen LogP contribution in [0.15, 0.2) is 48.8 Å². The summed E-state index contributed by atoms with van der Waals surface area (Å²) in [5, 5.41) is 12.8. The molecule has 0 fully saturated rings. The number of rotatable bonds is 6. The molecule has 0 aliphatic carbocycles. The number of ether oxygens (including phenoxy) is 1. The standard InChI is InChI=1S/C16H20N2O3/c1-12(18-9-3-4-10-18)16(20)17-11-15(19)13-5-7-14(21-2)8-6-13/h3-10,12,15,19H,11H2,1-2H3,(H,17,20). The average molecular weight is 288 g/mol. The summed E-state index contributed by atoms with van der Waals surface area (Å²) in [6.45, 7) is 1.99. The van der Waals surface area contributed by atoms with Crippen molar-refractivity contribution < 1.29 is 14.6 Å². The van der Waals surface area contributed by atoms with Gasteiger partial charge in [0.15, 0.2) is 0 Å². The van der Waals surface area contributed by atoms with Crippen LogP contribution in [0.25, 0.3) is 0 Å². The van der Waals surface area contributed by atoms with Crippen molar-refractivity contribution in [2.24, 2.45) is 0 Å². The number of nitrogens with one attached hydrogen (secondary N) is 1. The number of hydrogen-bond donors (Lipinski definition) is 2. The third-order valence-corrected chi connectivity index (χ3v) is 3.42. The van der Waals surface area contributed by atoms with Crippen molar-refractivity contribution in [1.82, 2.24) is 9.88 Å². The van der Waals surface area contributed by atoms with Crippen molar-refractivity contribution in [3.63, 3.8) is 0 Å². The molecule has 1 aromatic heterocycles. The quantitative estimate of drug-likeness (QED) is 0.853. The molecule has 2 rings (SSSR count). The lowest BCUT2D eigenvalue weighted by atomic mass is 10.1. The van der Waals surface area contributed by atoms with Crippen molar-refractivity contribution in [3.05, 3.63) is 54.4 Å². The number of aliphatic hydroxyl groups is 1. The smallest absolute Gasteiger partial charge is 0.242 e. The van der Waals surface area contributed by atoms with E-state index in [9.17, 15) is 9.90 Å². The van der Waals surface area contributed by atoms with E-state index in [1.165, 1.54) is 0 Å². The minimum Gasteiger partial charge on any atom is -0.497 e. The maximum Gasteiger partial charge on any atom is 0.242 e. The Bertz CT molecular complexity index is 564. The Morgan fingerprint density at radius 1 is 1.29 bits per heavy atom. The molecular weight excluding hydrogens is 268 g/mol. The zero-order valence-electron chi connectivity index (χ0n) is 12.2. The number of benzene rings is 1. The number of methoxy groups -OCH3 is 1. The molecule has 1 amide bonds. The van der Waals surface area contributed by atoms with Crippen LogP contribution in [0.2, 0.25) is 0 Å². The highest BCUT2D eigenvalue weighted by Crippen LogP contribution is 2.17. The first-order chi connectivity index (χ1) is 10.1. The van der Waals surface area contributed by atoms with Gasteiger partial charge in [-0.3, -0.25) is 4.79 Å². The fraction of sp³-hybridized carbons (Fsp3) is 0.312. The fourth-order valence-electron chi connectivity index (χ4n) is 2.03. The van der Waals surface area contributed by atoms with Gasteiger partial charge in [0.1, 0.15) is 11.8 Å². The molecule has 2 unspecified atom stereocenters. The molecule has 5 nitrogen and oxygen atoms in total. The number of carbonyl (C=O) groups is 1. The maximum atomic E-state index is 12.0. The van der Waals surface area contributed by atoms with E-state index in [1.54, 1.807) is 31.4 Å². The minimum absolute atomic E-state index is 0.126. The molecule has 112 valence electrons. The lowest BCUT2D eigenvalue weighted by Crippen LogP contribution is -2.33. The van der Waals surface area contributed by atoms with Crippen LogP contribution in [-0.4, -0.2) is 29.2 Å². The summed E-state index contributed by atoms with van der Waals surface area (Å²) < 4.78 is 6.88. The molecule has 0 saturated carbocycles. The Morgan fingerprint density at radius 3 is 2.48 bits per heavy atom. The Morgan fingerprint density at radius 2 is 1.90 bits per heavy atom. The van der Waals surface area contributed by atoms with Crippen LogP contribution >= 0.6 is 0 Å². The molecule has 2 atom stereocenters. The Kier molecular flexibility index (Phi) is 5.00. The molecule has 2 aromatic rings. The number of nitrogens with zero attached hydrogens (tertiary/aromatic N) is 1. The third-order valence-electron chi connectivity index (χ3n) is 3.42. The summed E-state index contributed by atoms with van der Waals surface area (Å²) in [4.78, 5) is 12.0. The summed E-state index contributed by atoms with van der Waals surface area (Å²) in [6, 6.07) is 10.6. The van der Waals surface area contributed by atoms with E-state index in [0.29, 0.717) is 0 Å². The van der Waals surface area contributed by atoms with Gasteiger partial charge in [-0.1, -0.05) is 12.1 Å². The second kappa shape index (κ2) is 6.95. The van der Waals surface area contributed by atoms with E-state index >= 15 is 0 Å². The Balaban J connectivity index is 1.88. The van der Waals surface area contributed by atoms with Gasteiger partial charge in [-0.25, -0.2) is 0 Å². The van der Waals surface area contributed by atoms with Crippen LogP contribution in [0, 0.1) is 0 Å². The Hall–Kier alpha value is -2.27. The Labute approximate surface area is 124 Å². The third kappa shape index (κ3) is 3.86. The fourth-order valence-corrected chi connectivity index (χ4v) is 2.03. The largest absolute Gasteiger partial charge is 0.497 e. The number of hydrogen-bond acceptors (Lipinski definition) is 3. The van der Waals surface area contributed by atoms with Crippen LogP contribution in [0.5, 0.6) is 5.75 Å². The highest BCUT2D eigenvalue weighted by Gasteiger charge is 2.15. The van der Waals surface area contributed by atoms with Crippen molar-refractivity contribution in [2.45, 2.75) is 19.1 Å². The molecule has 1 heterocycles. The first-order valence-corrected chi connectivity index (χ1v) is 6.84. The minimum atomic E-state index is -0.739. The topological polar surface area (TPSA) is 63.5 Å². The van der Waals surface area contributed by atoms with Crippen LogP contribution in [0.4, 0.5) is 0 Å². The molecule has 0 aliphatic rings. The monoisotopic (exact) mass is 288 g/mol. The lowest BCUT2D eigenvalue weighted by Gasteiger charge is -2.16. The second-order valence-corrected chi connectivity index (χ2v) is 4.84. The van der Waals surface area contributed by atoms with Crippen LogP contribution in [0.3, 0.4) is 0 Å². The molecule has 0 saturated heterocycles. The van der Waals surface area contributed by atoms with Gasteiger partial charge in [-0.15, -0.1) is 0 Å². The first-order valence-electron chi connectivity index (χ1n) is 6.84. The van der Waals surface area contributed by atoms with Gasteiger partial charge >= 0.3 is 0 Å². The van der Waals surface area contributed by atoms with E-state index in [2.05, 4.69) is 5.32 Å². The van der Waals surface area contributed by atoms with Gasteiger partial charge in [0.25, 0.3) is 0 Å². The zero-order valence-corrected chi connectivity index (χ0v) is 12.2. The summed E-state index contributed by atoms with van der Waals surface area (Å²) in [5.74, 6) is 0.606. The molecule has 0 aliphatic heterocycles. The number of aromatic nitrogens is 1. The predicted octanol–water partition coefficient (Wildman–Crippen LogP) is 1.91. The number of carbonyl (C=O) groups excluding carboxylic acids is 1. The maximum absolute atomic E-state index is 12.0. The first kappa shape index (κ1) is 15.1. The number of amides is 1. The average Bonchev–Trinajstić information content (AvgIpc) is 3.06. The van der Waals surface area contributed by atoms with Gasteiger partial charge in [0, 0.05) is 18.9 Å². The highest BCUT2D eigenvalue weighted by molar-refractivity contribution is 5.79. The SMILES string of the molecule is COc1ccc(C(O)CNC(=O)C(C)n2cccc2)cc1. The molecule has 2 N–H and O–H groups in total. The second-order valence-electron chi connectivity index (χ2n) is 4.84. The normalized spacial score (nSPS) is 13.5. The highest BCUT2D eigenvalue weighted by atomic mass is 16.5.